The standard InChI is InChI=1S/C18H16N4O2/c23-17(13-7-2-1-3-8-13)15-10-6-11-21(15)18(24)16-14-9-4-5-12-22(14)20-19-16/h1-5,7-9,12,15H,6,10-11H2. The van der Waals surface area contributed by atoms with Crippen molar-refractivity contribution in [3.8, 4) is 0 Å². The third kappa shape index (κ3) is 2.36. The van der Waals surface area contributed by atoms with Crippen molar-refractivity contribution in [1.29, 1.82) is 0 Å². The number of ketones is 1. The Labute approximate surface area is 138 Å². The van der Waals surface area contributed by atoms with Gasteiger partial charge in [-0.25, -0.2) is 4.52 Å². The molecule has 24 heavy (non-hydrogen) atoms. The van der Waals surface area contributed by atoms with Crippen LogP contribution in [0.5, 0.6) is 0 Å². The van der Waals surface area contributed by atoms with Gasteiger partial charge in [-0.15, -0.1) is 5.10 Å². The van der Waals surface area contributed by atoms with Crippen LogP contribution in [0.3, 0.4) is 0 Å². The first kappa shape index (κ1) is 14.6. The van der Waals surface area contributed by atoms with Crippen molar-refractivity contribution in [3.05, 3.63) is 66.0 Å². The number of pyridine rings is 1. The van der Waals surface area contributed by atoms with Crippen molar-refractivity contribution in [3.63, 3.8) is 0 Å². The lowest BCUT2D eigenvalue weighted by Gasteiger charge is -2.22. The molecule has 120 valence electrons. The summed E-state index contributed by atoms with van der Waals surface area (Å²) < 4.78 is 1.57. The van der Waals surface area contributed by atoms with E-state index in [1.807, 2.05) is 30.3 Å². The zero-order valence-corrected chi connectivity index (χ0v) is 13.0. The average molecular weight is 320 g/mol. The summed E-state index contributed by atoms with van der Waals surface area (Å²) >= 11 is 0. The van der Waals surface area contributed by atoms with E-state index in [9.17, 15) is 9.59 Å². The van der Waals surface area contributed by atoms with Crippen LogP contribution in [-0.2, 0) is 0 Å². The van der Waals surface area contributed by atoms with Crippen LogP contribution >= 0.6 is 0 Å². The van der Waals surface area contributed by atoms with Gasteiger partial charge in [0.15, 0.2) is 11.5 Å². The lowest BCUT2D eigenvalue weighted by Crippen LogP contribution is -2.40. The predicted molar refractivity (Wildman–Crippen MR) is 87.8 cm³/mol. The molecule has 1 saturated heterocycles. The van der Waals surface area contributed by atoms with Crippen LogP contribution in [0.1, 0.15) is 33.7 Å². The quantitative estimate of drug-likeness (QED) is 0.694. The summed E-state index contributed by atoms with van der Waals surface area (Å²) in [6.45, 7) is 0.563. The van der Waals surface area contributed by atoms with Gasteiger partial charge in [-0.05, 0) is 25.0 Å². The maximum absolute atomic E-state index is 12.9. The van der Waals surface area contributed by atoms with E-state index in [2.05, 4.69) is 10.3 Å². The Hall–Kier alpha value is -3.02. The second-order valence-corrected chi connectivity index (χ2v) is 5.86. The van der Waals surface area contributed by atoms with Crippen LogP contribution < -0.4 is 0 Å². The van der Waals surface area contributed by atoms with E-state index in [1.165, 1.54) is 0 Å². The van der Waals surface area contributed by atoms with Gasteiger partial charge in [0.05, 0.1) is 11.6 Å². The highest BCUT2D eigenvalue weighted by molar-refractivity contribution is 6.05. The van der Waals surface area contributed by atoms with Crippen molar-refractivity contribution in [2.75, 3.05) is 6.54 Å². The number of rotatable bonds is 3. The Morgan fingerprint density at radius 3 is 2.67 bits per heavy atom. The zero-order chi connectivity index (χ0) is 16.5. The van der Waals surface area contributed by atoms with Crippen molar-refractivity contribution < 1.29 is 9.59 Å². The lowest BCUT2D eigenvalue weighted by molar-refractivity contribution is 0.0668. The van der Waals surface area contributed by atoms with E-state index in [4.69, 9.17) is 0 Å². The molecule has 0 bridgehead atoms. The molecular weight excluding hydrogens is 304 g/mol. The molecule has 3 heterocycles. The second-order valence-electron chi connectivity index (χ2n) is 5.86. The fourth-order valence-corrected chi connectivity index (χ4v) is 3.21. The number of benzene rings is 1. The highest BCUT2D eigenvalue weighted by Gasteiger charge is 2.36. The molecule has 6 nitrogen and oxygen atoms in total. The minimum atomic E-state index is -0.430. The van der Waals surface area contributed by atoms with Gasteiger partial charge in [-0.1, -0.05) is 41.6 Å². The normalized spacial score (nSPS) is 17.3. The van der Waals surface area contributed by atoms with Gasteiger partial charge in [0.1, 0.15) is 0 Å². The molecule has 4 rings (SSSR count). The Morgan fingerprint density at radius 1 is 1.04 bits per heavy atom. The maximum atomic E-state index is 12.9. The number of hydrogen-bond donors (Lipinski definition) is 0. The fraction of sp³-hybridized carbons (Fsp3) is 0.222. The number of nitrogens with zero attached hydrogens (tertiary/aromatic N) is 4. The van der Waals surface area contributed by atoms with Gasteiger partial charge in [-0.3, -0.25) is 9.59 Å². The van der Waals surface area contributed by atoms with Crippen molar-refractivity contribution in [2.45, 2.75) is 18.9 Å². The van der Waals surface area contributed by atoms with Gasteiger partial charge < -0.3 is 4.90 Å². The smallest absolute Gasteiger partial charge is 0.277 e. The largest absolute Gasteiger partial charge is 0.327 e. The molecule has 1 fully saturated rings. The van der Waals surface area contributed by atoms with Gasteiger partial charge >= 0.3 is 0 Å². The van der Waals surface area contributed by atoms with E-state index in [0.717, 1.165) is 6.42 Å². The Morgan fingerprint density at radius 2 is 1.83 bits per heavy atom. The minimum absolute atomic E-state index is 0.0158. The van der Waals surface area contributed by atoms with E-state index in [0.29, 0.717) is 29.7 Å². The van der Waals surface area contributed by atoms with Crippen LogP contribution in [-0.4, -0.2) is 44.0 Å². The lowest BCUT2D eigenvalue weighted by atomic mass is 10.0. The van der Waals surface area contributed by atoms with Gasteiger partial charge in [-0.2, -0.15) is 0 Å². The number of aromatic nitrogens is 3. The first-order valence-corrected chi connectivity index (χ1v) is 7.96. The molecule has 1 aliphatic rings. The molecule has 1 atom stereocenters. The molecule has 0 N–H and O–H groups in total. The van der Waals surface area contributed by atoms with Crippen molar-refractivity contribution in [1.82, 2.24) is 19.7 Å². The van der Waals surface area contributed by atoms with Crippen LogP contribution in [0, 0.1) is 0 Å². The van der Waals surface area contributed by atoms with Gasteiger partial charge in [0.2, 0.25) is 0 Å². The van der Waals surface area contributed by atoms with Crippen LogP contribution in [0.4, 0.5) is 0 Å². The molecule has 0 aliphatic carbocycles. The number of amides is 1. The topological polar surface area (TPSA) is 67.6 Å². The van der Waals surface area contributed by atoms with Crippen LogP contribution in [0.25, 0.3) is 5.52 Å². The highest BCUT2D eigenvalue weighted by atomic mass is 16.2. The molecule has 1 amide bonds. The number of carbonyl (C=O) groups is 2. The molecule has 0 spiro atoms. The van der Waals surface area contributed by atoms with E-state index in [-0.39, 0.29) is 11.7 Å². The van der Waals surface area contributed by atoms with Gasteiger partial charge in [0, 0.05) is 18.3 Å². The Kier molecular flexibility index (Phi) is 3.57. The summed E-state index contributed by atoms with van der Waals surface area (Å²) in [5, 5.41) is 7.99. The molecular formula is C18H16N4O2. The molecule has 0 radical (unpaired) electrons. The predicted octanol–water partition coefficient (Wildman–Crippen LogP) is 2.22. The summed E-state index contributed by atoms with van der Waals surface area (Å²) in [6, 6.07) is 14.2. The fourth-order valence-electron chi connectivity index (χ4n) is 3.21. The molecule has 3 aromatic rings. The molecule has 1 unspecified atom stereocenters. The summed E-state index contributed by atoms with van der Waals surface area (Å²) in [6.07, 6.45) is 3.24. The van der Waals surface area contributed by atoms with E-state index < -0.39 is 6.04 Å². The minimum Gasteiger partial charge on any atom is -0.327 e. The first-order chi connectivity index (χ1) is 11.8. The Balaban J connectivity index is 1.65. The number of likely N-dealkylation sites (tertiary alicyclic amines) is 1. The van der Waals surface area contributed by atoms with Gasteiger partial charge in [0.25, 0.3) is 5.91 Å². The summed E-state index contributed by atoms with van der Waals surface area (Å²) in [7, 11) is 0. The first-order valence-electron chi connectivity index (χ1n) is 7.96. The second kappa shape index (κ2) is 5.88. The van der Waals surface area contributed by atoms with Crippen molar-refractivity contribution >= 4 is 17.2 Å². The zero-order valence-electron chi connectivity index (χ0n) is 13.0. The Bertz CT molecular complexity index is 904. The summed E-state index contributed by atoms with van der Waals surface area (Å²) in [4.78, 5) is 27.3. The monoisotopic (exact) mass is 320 g/mol. The van der Waals surface area contributed by atoms with Crippen LogP contribution in [0.2, 0.25) is 0 Å². The van der Waals surface area contributed by atoms with Crippen LogP contribution in [0.15, 0.2) is 54.7 Å². The third-order valence-corrected chi connectivity index (χ3v) is 4.40. The highest BCUT2D eigenvalue weighted by Crippen LogP contribution is 2.24. The SMILES string of the molecule is O=C(c1ccccc1)C1CCCN1C(=O)c1nnn2ccccc12. The van der Waals surface area contributed by atoms with Crippen molar-refractivity contribution in [2.24, 2.45) is 0 Å². The molecule has 6 heteroatoms. The van der Waals surface area contributed by atoms with E-state index >= 15 is 0 Å². The number of Topliss-reactive ketones (excluding diaryl/α,β-unsaturated/α-hetero) is 1. The maximum Gasteiger partial charge on any atom is 0.277 e. The number of carbonyl (C=O) groups excluding carboxylic acids is 2. The molecule has 0 saturated carbocycles. The molecule has 1 aromatic carbocycles. The average Bonchev–Trinajstić information content (AvgIpc) is 3.28. The molecule has 2 aromatic heterocycles. The summed E-state index contributed by atoms with van der Waals surface area (Å²) in [5.74, 6) is -0.249. The third-order valence-electron chi connectivity index (χ3n) is 4.40. The molecule has 1 aliphatic heterocycles. The number of fused-ring (bicyclic) bond motifs is 1. The summed E-state index contributed by atoms with van der Waals surface area (Å²) in [5.41, 5.74) is 1.58. The van der Waals surface area contributed by atoms with E-state index in [1.54, 1.807) is 33.8 Å². The number of hydrogen-bond acceptors (Lipinski definition) is 4.